The summed E-state index contributed by atoms with van der Waals surface area (Å²) in [5, 5.41) is 3.23. The number of para-hydroxylation sites is 1. The molecule has 7 nitrogen and oxygen atoms in total. The smallest absolute Gasteiger partial charge is 0.320 e. The molecule has 7 heteroatoms. The molecule has 1 aromatic rings. The number of carbonyl (C=O) groups excluding carboxylic acids is 3. The number of nitrogens with one attached hydrogen (secondary N) is 1. The molecule has 2 rings (SSSR count). The molecular formula is C17H21NO6. The molecule has 0 fully saturated rings. The SMILES string of the molecule is COC(=O)CC1CNc2ccccc2C1C(C(=O)OC)C(=O)OC. The van der Waals surface area contributed by atoms with E-state index in [2.05, 4.69) is 5.32 Å². The van der Waals surface area contributed by atoms with Gasteiger partial charge in [-0.05, 0) is 17.5 Å². The molecule has 1 aromatic carbocycles. The Balaban J connectivity index is 2.49. The molecule has 0 aromatic heterocycles. The maximum atomic E-state index is 12.3. The van der Waals surface area contributed by atoms with Gasteiger partial charge in [0, 0.05) is 18.2 Å². The summed E-state index contributed by atoms with van der Waals surface area (Å²) < 4.78 is 14.4. The van der Waals surface area contributed by atoms with Gasteiger partial charge in [-0.15, -0.1) is 0 Å². The highest BCUT2D eigenvalue weighted by Gasteiger charge is 2.45. The molecule has 0 saturated carbocycles. The van der Waals surface area contributed by atoms with E-state index in [-0.39, 0.29) is 12.3 Å². The van der Waals surface area contributed by atoms with Gasteiger partial charge in [0.25, 0.3) is 0 Å². The second-order valence-corrected chi connectivity index (χ2v) is 5.56. The monoisotopic (exact) mass is 335 g/mol. The molecule has 2 atom stereocenters. The summed E-state index contributed by atoms with van der Waals surface area (Å²) >= 11 is 0. The molecule has 2 unspecified atom stereocenters. The third-order valence-corrected chi connectivity index (χ3v) is 4.31. The van der Waals surface area contributed by atoms with Gasteiger partial charge in [-0.25, -0.2) is 0 Å². The summed E-state index contributed by atoms with van der Waals surface area (Å²) in [5.74, 6) is -3.76. The number of anilines is 1. The minimum absolute atomic E-state index is 0.0764. The highest BCUT2D eigenvalue weighted by Crippen LogP contribution is 2.42. The normalized spacial score (nSPS) is 19.0. The lowest BCUT2D eigenvalue weighted by Gasteiger charge is -2.36. The van der Waals surface area contributed by atoms with E-state index >= 15 is 0 Å². The fourth-order valence-electron chi connectivity index (χ4n) is 3.16. The number of carbonyl (C=O) groups is 3. The summed E-state index contributed by atoms with van der Waals surface area (Å²) in [5.41, 5.74) is 1.60. The molecule has 0 aliphatic carbocycles. The van der Waals surface area contributed by atoms with E-state index in [0.717, 1.165) is 11.3 Å². The van der Waals surface area contributed by atoms with Crippen molar-refractivity contribution in [2.75, 3.05) is 33.2 Å². The van der Waals surface area contributed by atoms with Gasteiger partial charge in [0.05, 0.1) is 27.8 Å². The first-order chi connectivity index (χ1) is 11.5. The zero-order valence-electron chi connectivity index (χ0n) is 13.9. The van der Waals surface area contributed by atoms with Crippen LogP contribution in [0, 0.1) is 11.8 Å². The van der Waals surface area contributed by atoms with Gasteiger partial charge < -0.3 is 19.5 Å². The molecule has 0 radical (unpaired) electrons. The molecule has 1 aliphatic rings. The van der Waals surface area contributed by atoms with Crippen LogP contribution in [0.4, 0.5) is 5.69 Å². The number of benzene rings is 1. The Hall–Kier alpha value is -2.57. The van der Waals surface area contributed by atoms with Crippen molar-refractivity contribution >= 4 is 23.6 Å². The number of methoxy groups -OCH3 is 3. The van der Waals surface area contributed by atoms with Gasteiger partial charge >= 0.3 is 17.9 Å². The van der Waals surface area contributed by atoms with Crippen molar-refractivity contribution in [3.63, 3.8) is 0 Å². The van der Waals surface area contributed by atoms with Crippen molar-refractivity contribution in [2.24, 2.45) is 11.8 Å². The van der Waals surface area contributed by atoms with Gasteiger partial charge in [0.1, 0.15) is 0 Å². The molecule has 0 spiro atoms. The minimum Gasteiger partial charge on any atom is -0.469 e. The maximum Gasteiger partial charge on any atom is 0.320 e. The van der Waals surface area contributed by atoms with Crippen molar-refractivity contribution in [3.8, 4) is 0 Å². The van der Waals surface area contributed by atoms with Crippen molar-refractivity contribution in [1.29, 1.82) is 0 Å². The van der Waals surface area contributed by atoms with Crippen molar-refractivity contribution in [3.05, 3.63) is 29.8 Å². The van der Waals surface area contributed by atoms with E-state index in [1.165, 1.54) is 21.3 Å². The van der Waals surface area contributed by atoms with Crippen LogP contribution in [0.3, 0.4) is 0 Å². The third-order valence-electron chi connectivity index (χ3n) is 4.31. The highest BCUT2D eigenvalue weighted by molar-refractivity contribution is 5.96. The Morgan fingerprint density at radius 3 is 2.29 bits per heavy atom. The van der Waals surface area contributed by atoms with E-state index in [4.69, 9.17) is 14.2 Å². The minimum atomic E-state index is -1.14. The third kappa shape index (κ3) is 3.50. The molecule has 0 amide bonds. The van der Waals surface area contributed by atoms with E-state index in [0.29, 0.717) is 6.54 Å². The summed E-state index contributed by atoms with van der Waals surface area (Å²) in [4.78, 5) is 36.3. The topological polar surface area (TPSA) is 90.9 Å². The zero-order valence-corrected chi connectivity index (χ0v) is 13.9. The van der Waals surface area contributed by atoms with Crippen LogP contribution in [0.2, 0.25) is 0 Å². The Bertz CT molecular complexity index is 613. The number of ether oxygens (including phenoxy) is 3. The van der Waals surface area contributed by atoms with Crippen LogP contribution in [0.1, 0.15) is 17.9 Å². The maximum absolute atomic E-state index is 12.3. The first-order valence-corrected chi connectivity index (χ1v) is 7.58. The number of hydrogen-bond acceptors (Lipinski definition) is 7. The van der Waals surface area contributed by atoms with Crippen LogP contribution in [0.25, 0.3) is 0 Å². The van der Waals surface area contributed by atoms with Gasteiger partial charge in [-0.3, -0.25) is 14.4 Å². The predicted molar refractivity (Wildman–Crippen MR) is 85.3 cm³/mol. The van der Waals surface area contributed by atoms with Crippen LogP contribution in [-0.4, -0.2) is 45.8 Å². The quantitative estimate of drug-likeness (QED) is 0.493. The predicted octanol–water partition coefficient (Wildman–Crippen LogP) is 1.34. The number of hydrogen-bond donors (Lipinski definition) is 1. The Kier molecular flexibility index (Phi) is 5.78. The average molecular weight is 335 g/mol. The zero-order chi connectivity index (χ0) is 17.7. The lowest BCUT2D eigenvalue weighted by Crippen LogP contribution is -2.41. The highest BCUT2D eigenvalue weighted by atomic mass is 16.5. The average Bonchev–Trinajstić information content (AvgIpc) is 2.62. The molecule has 24 heavy (non-hydrogen) atoms. The van der Waals surface area contributed by atoms with Crippen molar-refractivity contribution in [1.82, 2.24) is 0 Å². The van der Waals surface area contributed by atoms with Crippen LogP contribution >= 0.6 is 0 Å². The van der Waals surface area contributed by atoms with Gasteiger partial charge in [-0.2, -0.15) is 0 Å². The molecule has 1 N–H and O–H groups in total. The number of rotatable bonds is 5. The van der Waals surface area contributed by atoms with Crippen LogP contribution in [0.5, 0.6) is 0 Å². The molecular weight excluding hydrogens is 314 g/mol. The summed E-state index contributed by atoms with van der Waals surface area (Å²) in [7, 11) is 3.75. The molecule has 0 saturated heterocycles. The summed E-state index contributed by atoms with van der Waals surface area (Å²) in [6.07, 6.45) is 0.0764. The van der Waals surface area contributed by atoms with Gasteiger partial charge in [0.2, 0.25) is 0 Å². The number of esters is 3. The van der Waals surface area contributed by atoms with E-state index in [1.54, 1.807) is 0 Å². The van der Waals surface area contributed by atoms with Gasteiger partial charge in [0.15, 0.2) is 5.92 Å². The molecule has 130 valence electrons. The fourth-order valence-corrected chi connectivity index (χ4v) is 3.16. The molecule has 0 bridgehead atoms. The Labute approximate surface area is 140 Å². The standard InChI is InChI=1S/C17H21NO6/c1-22-13(19)8-10-9-18-12-7-5-4-6-11(12)14(10)15(16(20)23-2)17(21)24-3/h4-7,10,14-15,18H,8-9H2,1-3H3. The summed E-state index contributed by atoms with van der Waals surface area (Å²) in [6.45, 7) is 0.432. The molecule has 1 heterocycles. The van der Waals surface area contributed by atoms with E-state index in [9.17, 15) is 14.4 Å². The van der Waals surface area contributed by atoms with Crippen LogP contribution in [-0.2, 0) is 28.6 Å². The van der Waals surface area contributed by atoms with Crippen LogP contribution < -0.4 is 5.32 Å². The Morgan fingerprint density at radius 2 is 1.71 bits per heavy atom. The first kappa shape index (κ1) is 17.8. The van der Waals surface area contributed by atoms with Crippen molar-refractivity contribution in [2.45, 2.75) is 12.3 Å². The van der Waals surface area contributed by atoms with Crippen molar-refractivity contribution < 1.29 is 28.6 Å². The van der Waals surface area contributed by atoms with Gasteiger partial charge in [-0.1, -0.05) is 18.2 Å². The van der Waals surface area contributed by atoms with Crippen LogP contribution in [0.15, 0.2) is 24.3 Å². The second-order valence-electron chi connectivity index (χ2n) is 5.56. The second kappa shape index (κ2) is 7.81. The Morgan fingerprint density at radius 1 is 1.08 bits per heavy atom. The number of fused-ring (bicyclic) bond motifs is 1. The lowest BCUT2D eigenvalue weighted by atomic mass is 9.72. The first-order valence-electron chi connectivity index (χ1n) is 7.58. The lowest BCUT2D eigenvalue weighted by molar-refractivity contribution is -0.161. The van der Waals surface area contributed by atoms with E-state index < -0.39 is 29.7 Å². The fraction of sp³-hybridized carbons (Fsp3) is 0.471. The largest absolute Gasteiger partial charge is 0.469 e. The molecule has 1 aliphatic heterocycles. The van der Waals surface area contributed by atoms with E-state index in [1.807, 2.05) is 24.3 Å². The summed E-state index contributed by atoms with van der Waals surface area (Å²) in [6, 6.07) is 7.37.